The number of imidazole rings is 1. The zero-order valence-electron chi connectivity index (χ0n) is 21.1. The Morgan fingerprint density at radius 2 is 1.95 bits per heavy atom. The summed E-state index contributed by atoms with van der Waals surface area (Å²) in [4.78, 5) is 20.3. The van der Waals surface area contributed by atoms with E-state index in [0.717, 1.165) is 19.3 Å². The topological polar surface area (TPSA) is 139 Å². The highest BCUT2D eigenvalue weighted by atomic mass is 32.2. The van der Waals surface area contributed by atoms with Crippen molar-refractivity contribution >= 4 is 15.5 Å². The van der Waals surface area contributed by atoms with Crippen LogP contribution < -0.4 is 15.0 Å². The van der Waals surface area contributed by atoms with E-state index in [1.807, 2.05) is 6.92 Å². The van der Waals surface area contributed by atoms with Crippen LogP contribution in [-0.2, 0) is 23.0 Å². The first-order valence-corrected chi connectivity index (χ1v) is 13.7. The van der Waals surface area contributed by atoms with Gasteiger partial charge in [-0.05, 0) is 56.2 Å². The summed E-state index contributed by atoms with van der Waals surface area (Å²) < 4.78 is 36.0. The minimum absolute atomic E-state index is 0.00421. The molecule has 2 heterocycles. The number of unbranched alkanes of at least 4 members (excludes halogenated alkanes) is 2. The molecule has 0 radical (unpaired) electrons. The van der Waals surface area contributed by atoms with E-state index in [-0.39, 0.29) is 28.6 Å². The third-order valence-electron chi connectivity index (χ3n) is 5.94. The predicted octanol–water partition coefficient (Wildman–Crippen LogP) is 3.71. The molecule has 0 aliphatic heterocycles. The number of aromatic hydroxyl groups is 1. The van der Waals surface area contributed by atoms with E-state index in [1.165, 1.54) is 24.3 Å². The number of hydrogen-bond acceptors (Lipinski definition) is 7. The molecule has 4 aromatic rings. The molecule has 0 aliphatic rings. The fourth-order valence-electron chi connectivity index (χ4n) is 4.12. The summed E-state index contributed by atoms with van der Waals surface area (Å²) in [6.07, 6.45) is 3.68. The summed E-state index contributed by atoms with van der Waals surface area (Å²) in [6, 6.07) is 10.8. The molecule has 0 aliphatic carbocycles. The number of ether oxygens (including phenoxy) is 1. The number of H-pyrrole nitrogens is 1. The largest absolute Gasteiger partial charge is 0.508 e. The molecule has 37 heavy (non-hydrogen) atoms. The minimum atomic E-state index is -3.93. The molecule has 0 unspecified atom stereocenters. The van der Waals surface area contributed by atoms with E-state index >= 15 is 0 Å². The van der Waals surface area contributed by atoms with Gasteiger partial charge in [-0.2, -0.15) is 0 Å². The standard InChI is InChI=1S/C26H31N5O5S/c1-4-6-7-11-23-28-17(3)24-26(33)29-25(30-31(23)24)21-15-20(12-13-22(21)36-5-2)37(34,35)27-16-18-9-8-10-19(32)14-18/h8-10,12-15,27,32H,4-7,11,16H2,1-3H3,(H,29,30,33). The molecular formula is C26H31N5O5S. The number of fused-ring (bicyclic) bond motifs is 1. The van der Waals surface area contributed by atoms with Crippen LogP contribution in [0, 0.1) is 6.92 Å². The van der Waals surface area contributed by atoms with Gasteiger partial charge in [-0.1, -0.05) is 31.9 Å². The van der Waals surface area contributed by atoms with E-state index < -0.39 is 10.0 Å². The molecule has 0 amide bonds. The summed E-state index contributed by atoms with van der Waals surface area (Å²) in [5.74, 6) is 1.30. The molecule has 11 heteroatoms. The molecule has 0 saturated heterocycles. The molecule has 196 valence electrons. The summed E-state index contributed by atoms with van der Waals surface area (Å²) in [7, 11) is -3.93. The number of benzene rings is 2. The van der Waals surface area contributed by atoms with E-state index in [9.17, 15) is 18.3 Å². The van der Waals surface area contributed by atoms with Crippen molar-refractivity contribution in [2.75, 3.05) is 6.61 Å². The Morgan fingerprint density at radius 1 is 1.14 bits per heavy atom. The van der Waals surface area contributed by atoms with Gasteiger partial charge < -0.3 is 14.8 Å². The molecule has 0 fully saturated rings. The number of phenols is 1. The fraction of sp³-hybridized carbons (Fsp3) is 0.346. The second-order valence-electron chi connectivity index (χ2n) is 8.72. The van der Waals surface area contributed by atoms with E-state index in [1.54, 1.807) is 29.6 Å². The number of aryl methyl sites for hydroxylation is 2. The highest BCUT2D eigenvalue weighted by molar-refractivity contribution is 7.89. The van der Waals surface area contributed by atoms with Crippen LogP contribution in [0.2, 0.25) is 0 Å². The molecule has 0 bridgehead atoms. The molecule has 4 rings (SSSR count). The number of hydrogen-bond donors (Lipinski definition) is 3. The number of sulfonamides is 1. The van der Waals surface area contributed by atoms with Gasteiger partial charge in [0.1, 0.15) is 17.3 Å². The normalized spacial score (nSPS) is 11.8. The van der Waals surface area contributed by atoms with Gasteiger partial charge in [-0.3, -0.25) is 4.79 Å². The third-order valence-corrected chi connectivity index (χ3v) is 7.34. The van der Waals surface area contributed by atoms with Crippen LogP contribution in [0.25, 0.3) is 16.9 Å². The van der Waals surface area contributed by atoms with Crippen LogP contribution >= 0.6 is 0 Å². The van der Waals surface area contributed by atoms with Crippen molar-refractivity contribution in [3.8, 4) is 22.9 Å². The smallest absolute Gasteiger partial charge is 0.277 e. The molecular weight excluding hydrogens is 494 g/mol. The molecule has 2 aromatic heterocycles. The van der Waals surface area contributed by atoms with Gasteiger partial charge in [0.05, 0.1) is 22.8 Å². The van der Waals surface area contributed by atoms with Gasteiger partial charge in [0, 0.05) is 13.0 Å². The maximum atomic E-state index is 13.1. The Kier molecular flexibility index (Phi) is 7.94. The first-order chi connectivity index (χ1) is 17.7. The number of nitrogens with zero attached hydrogens (tertiary/aromatic N) is 3. The molecule has 3 N–H and O–H groups in total. The maximum Gasteiger partial charge on any atom is 0.277 e. The highest BCUT2D eigenvalue weighted by Crippen LogP contribution is 2.30. The zero-order chi connectivity index (χ0) is 26.6. The predicted molar refractivity (Wildman–Crippen MR) is 140 cm³/mol. The van der Waals surface area contributed by atoms with Crippen LogP contribution in [0.4, 0.5) is 0 Å². The highest BCUT2D eigenvalue weighted by Gasteiger charge is 2.21. The summed E-state index contributed by atoms with van der Waals surface area (Å²) in [5, 5.41) is 14.3. The molecule has 0 saturated carbocycles. The van der Waals surface area contributed by atoms with Crippen LogP contribution in [0.3, 0.4) is 0 Å². The molecule has 0 spiro atoms. The fourth-order valence-corrected chi connectivity index (χ4v) is 5.17. The minimum Gasteiger partial charge on any atom is -0.508 e. The number of nitrogens with one attached hydrogen (secondary N) is 2. The van der Waals surface area contributed by atoms with Gasteiger partial charge in [0.2, 0.25) is 10.0 Å². The second kappa shape index (κ2) is 11.1. The number of rotatable bonds is 11. The first kappa shape index (κ1) is 26.4. The van der Waals surface area contributed by atoms with Crippen LogP contribution in [0.15, 0.2) is 52.2 Å². The summed E-state index contributed by atoms with van der Waals surface area (Å²) in [6.45, 7) is 6.04. The Hall–Kier alpha value is -3.70. The third kappa shape index (κ3) is 5.83. The van der Waals surface area contributed by atoms with Crippen molar-refractivity contribution in [2.45, 2.75) is 57.9 Å². The Labute approximate surface area is 215 Å². The monoisotopic (exact) mass is 525 g/mol. The van der Waals surface area contributed by atoms with Gasteiger partial charge in [0.15, 0.2) is 11.3 Å². The molecule has 0 atom stereocenters. The maximum absolute atomic E-state index is 13.1. The lowest BCUT2D eigenvalue weighted by Gasteiger charge is -2.13. The molecule has 2 aromatic carbocycles. The van der Waals surface area contributed by atoms with Gasteiger partial charge in [0.25, 0.3) is 5.56 Å². The summed E-state index contributed by atoms with van der Waals surface area (Å²) >= 11 is 0. The Morgan fingerprint density at radius 3 is 2.68 bits per heavy atom. The number of phenolic OH excluding ortho intramolecular Hbond substituents is 1. The van der Waals surface area contributed by atoms with E-state index in [0.29, 0.717) is 46.9 Å². The first-order valence-electron chi connectivity index (χ1n) is 12.3. The SMILES string of the molecule is CCCCCc1nc(C)c2c(=O)[nH]c(-c3cc(S(=O)(=O)NCc4cccc(O)c4)ccc3OCC)nn12. The summed E-state index contributed by atoms with van der Waals surface area (Å²) in [5.41, 5.74) is 1.53. The lowest BCUT2D eigenvalue weighted by Crippen LogP contribution is -2.23. The van der Waals surface area contributed by atoms with Gasteiger partial charge in [-0.15, -0.1) is 5.10 Å². The van der Waals surface area contributed by atoms with Crippen molar-refractivity contribution < 1.29 is 18.3 Å². The van der Waals surface area contributed by atoms with Crippen LogP contribution in [0.1, 0.15) is 50.2 Å². The van der Waals surface area contributed by atoms with E-state index in [4.69, 9.17) is 4.74 Å². The Balaban J connectivity index is 1.75. The van der Waals surface area contributed by atoms with Gasteiger partial charge in [-0.25, -0.2) is 22.6 Å². The second-order valence-corrected chi connectivity index (χ2v) is 10.5. The quantitative estimate of drug-likeness (QED) is 0.254. The van der Waals surface area contributed by atoms with Crippen molar-refractivity contribution in [1.82, 2.24) is 24.3 Å². The van der Waals surface area contributed by atoms with Crippen molar-refractivity contribution in [3.63, 3.8) is 0 Å². The lowest BCUT2D eigenvalue weighted by atomic mass is 10.2. The van der Waals surface area contributed by atoms with Crippen molar-refractivity contribution in [2.24, 2.45) is 0 Å². The zero-order valence-corrected chi connectivity index (χ0v) is 21.9. The van der Waals surface area contributed by atoms with Crippen molar-refractivity contribution in [1.29, 1.82) is 0 Å². The lowest BCUT2D eigenvalue weighted by molar-refractivity contribution is 0.341. The number of aromatic nitrogens is 4. The average Bonchev–Trinajstić information content (AvgIpc) is 3.19. The van der Waals surface area contributed by atoms with Gasteiger partial charge >= 0.3 is 0 Å². The van der Waals surface area contributed by atoms with Crippen LogP contribution in [0.5, 0.6) is 11.5 Å². The van der Waals surface area contributed by atoms with E-state index in [2.05, 4.69) is 26.7 Å². The van der Waals surface area contributed by atoms with Crippen molar-refractivity contribution in [3.05, 3.63) is 69.9 Å². The molecule has 10 nitrogen and oxygen atoms in total. The Bertz CT molecular complexity index is 1580. The van der Waals surface area contributed by atoms with Crippen LogP contribution in [-0.4, -0.2) is 39.7 Å². The average molecular weight is 526 g/mol. The number of aromatic amines is 1.